The van der Waals surface area contributed by atoms with Crippen LogP contribution < -0.4 is 5.32 Å². The summed E-state index contributed by atoms with van der Waals surface area (Å²) in [6, 6.07) is -0.554. The van der Waals surface area contributed by atoms with Gasteiger partial charge in [-0.25, -0.2) is 0 Å². The molecule has 1 amide bonds. The topological polar surface area (TPSA) is 95.9 Å². The highest BCUT2D eigenvalue weighted by Crippen LogP contribution is 2.17. The molecule has 3 N–H and O–H groups in total. The van der Waals surface area contributed by atoms with Gasteiger partial charge < -0.3 is 20.3 Å². The summed E-state index contributed by atoms with van der Waals surface area (Å²) >= 11 is 0. The van der Waals surface area contributed by atoms with Crippen LogP contribution in [0.1, 0.15) is 296 Å². The fraction of sp³-hybridized carbons (Fsp3) is 0.862. The zero-order valence-electron chi connectivity index (χ0n) is 42.8. The molecule has 0 aliphatic rings. The Hall–Kier alpha value is -1.92. The number of unbranched alkanes of at least 4 members (excludes halogenated alkanes) is 35. The number of amides is 1. The van der Waals surface area contributed by atoms with E-state index in [1.165, 1.54) is 180 Å². The third-order valence-corrected chi connectivity index (χ3v) is 12.9. The van der Waals surface area contributed by atoms with Crippen LogP contribution in [0.3, 0.4) is 0 Å². The zero-order valence-corrected chi connectivity index (χ0v) is 42.8. The van der Waals surface area contributed by atoms with Gasteiger partial charge in [-0.05, 0) is 77.0 Å². The van der Waals surface area contributed by atoms with E-state index in [9.17, 15) is 19.8 Å². The van der Waals surface area contributed by atoms with Crippen molar-refractivity contribution in [2.45, 2.75) is 309 Å². The van der Waals surface area contributed by atoms with Gasteiger partial charge in [-0.15, -0.1) is 0 Å². The summed E-state index contributed by atoms with van der Waals surface area (Å²) in [6.07, 6.45) is 65.5. The minimum Gasteiger partial charge on any atom is -0.466 e. The molecule has 0 saturated carbocycles. The molecule has 0 fully saturated rings. The van der Waals surface area contributed by atoms with Crippen molar-refractivity contribution in [1.82, 2.24) is 5.32 Å². The molecule has 6 nitrogen and oxygen atoms in total. The molecule has 0 spiro atoms. The number of esters is 1. The van der Waals surface area contributed by atoms with Gasteiger partial charge in [0.1, 0.15) is 0 Å². The summed E-state index contributed by atoms with van der Waals surface area (Å²) in [5.74, 6) is -0.0747. The van der Waals surface area contributed by atoms with E-state index in [0.717, 1.165) is 83.5 Å². The van der Waals surface area contributed by atoms with Crippen molar-refractivity contribution in [3.63, 3.8) is 0 Å². The Morgan fingerprint density at radius 2 is 0.812 bits per heavy atom. The molecular weight excluding hydrogens is 791 g/mol. The molecule has 6 heteroatoms. The van der Waals surface area contributed by atoms with E-state index in [2.05, 4.69) is 55.6 Å². The largest absolute Gasteiger partial charge is 0.466 e. The molecule has 0 radical (unpaired) electrons. The van der Waals surface area contributed by atoms with Crippen molar-refractivity contribution in [3.05, 3.63) is 36.5 Å². The second-order valence-corrected chi connectivity index (χ2v) is 19.3. The first-order valence-electron chi connectivity index (χ1n) is 28.2. The predicted octanol–water partition coefficient (Wildman–Crippen LogP) is 17.2. The molecule has 0 aromatic carbocycles. The third-order valence-electron chi connectivity index (χ3n) is 12.9. The summed E-state index contributed by atoms with van der Waals surface area (Å²) in [4.78, 5) is 24.5. The lowest BCUT2D eigenvalue weighted by Crippen LogP contribution is -2.45. The number of allylic oxidation sites excluding steroid dienone is 6. The zero-order chi connectivity index (χ0) is 46.5. The van der Waals surface area contributed by atoms with Crippen LogP contribution in [0.4, 0.5) is 0 Å². The number of ether oxygens (including phenoxy) is 1. The monoisotopic (exact) mass is 900 g/mol. The average Bonchev–Trinajstić information content (AvgIpc) is 3.29. The minimum atomic E-state index is -0.676. The first kappa shape index (κ1) is 62.1. The van der Waals surface area contributed by atoms with Crippen molar-refractivity contribution >= 4 is 11.9 Å². The van der Waals surface area contributed by atoms with Crippen LogP contribution in [0.15, 0.2) is 36.5 Å². The van der Waals surface area contributed by atoms with Crippen LogP contribution in [0.5, 0.6) is 0 Å². The second-order valence-electron chi connectivity index (χ2n) is 19.3. The van der Waals surface area contributed by atoms with Crippen LogP contribution in [0, 0.1) is 0 Å². The first-order valence-corrected chi connectivity index (χ1v) is 28.2. The van der Waals surface area contributed by atoms with Gasteiger partial charge in [-0.2, -0.15) is 0 Å². The van der Waals surface area contributed by atoms with Gasteiger partial charge in [0.2, 0.25) is 5.91 Å². The highest BCUT2D eigenvalue weighted by Gasteiger charge is 2.20. The Labute approximate surface area is 398 Å². The standard InChI is InChI=1S/C58H109NO5/c1-3-5-7-9-11-13-15-17-18-19-20-21-23-27-30-34-38-42-46-50-56(61)55(54-60)59-57(62)51-47-43-39-35-31-28-24-22-25-29-33-37-41-45-49-53-64-58(63)52-48-44-40-36-32-26-16-14-12-10-8-6-4-2/h8,10,14,16,25,29,55-56,60-61H,3-7,9,11-13,15,17-24,26-28,30-54H2,1-2H3,(H,59,62)/b10-8-,16-14-,29-25-. The Bertz CT molecular complexity index is 1040. The minimum absolute atomic E-state index is 0.0254. The highest BCUT2D eigenvalue weighted by atomic mass is 16.5. The van der Waals surface area contributed by atoms with Gasteiger partial charge in [0.05, 0.1) is 25.4 Å². The molecule has 2 atom stereocenters. The molecule has 0 saturated heterocycles. The van der Waals surface area contributed by atoms with Crippen molar-refractivity contribution < 1.29 is 24.5 Å². The van der Waals surface area contributed by atoms with Gasteiger partial charge in [0.15, 0.2) is 0 Å². The van der Waals surface area contributed by atoms with Gasteiger partial charge in [-0.1, -0.05) is 243 Å². The Kier molecular flexibility index (Phi) is 52.1. The van der Waals surface area contributed by atoms with Crippen molar-refractivity contribution in [2.75, 3.05) is 13.2 Å². The average molecular weight is 901 g/mol. The molecule has 0 aliphatic carbocycles. The quantitative estimate of drug-likeness (QED) is 0.0321. The van der Waals surface area contributed by atoms with Crippen molar-refractivity contribution in [3.8, 4) is 0 Å². The lowest BCUT2D eigenvalue weighted by atomic mass is 10.0. The summed E-state index contributed by atoms with van der Waals surface area (Å²) < 4.78 is 5.44. The van der Waals surface area contributed by atoms with Crippen molar-refractivity contribution in [2.24, 2.45) is 0 Å². The van der Waals surface area contributed by atoms with Gasteiger partial charge >= 0.3 is 5.97 Å². The van der Waals surface area contributed by atoms with E-state index >= 15 is 0 Å². The Morgan fingerprint density at radius 1 is 0.438 bits per heavy atom. The van der Waals surface area contributed by atoms with Crippen LogP contribution >= 0.6 is 0 Å². The SMILES string of the molecule is CCC/C=C\C/C=C\CCCCCCCC(=O)OCCCCCC/C=C\CCCCCCCCCC(=O)NC(CO)C(O)CCCCCCCCCCCCCCCCCCCCC. The number of aliphatic hydroxyl groups is 2. The van der Waals surface area contributed by atoms with Crippen LogP contribution in [0.2, 0.25) is 0 Å². The maximum Gasteiger partial charge on any atom is 0.305 e. The van der Waals surface area contributed by atoms with Crippen LogP contribution in [0.25, 0.3) is 0 Å². The highest BCUT2D eigenvalue weighted by molar-refractivity contribution is 5.76. The molecular formula is C58H109NO5. The third kappa shape index (κ3) is 49.5. The Balaban J connectivity index is 3.49. The smallest absolute Gasteiger partial charge is 0.305 e. The van der Waals surface area contributed by atoms with Gasteiger partial charge in [0.25, 0.3) is 0 Å². The van der Waals surface area contributed by atoms with Crippen LogP contribution in [-0.4, -0.2) is 47.4 Å². The van der Waals surface area contributed by atoms with E-state index in [0.29, 0.717) is 25.9 Å². The summed E-state index contributed by atoms with van der Waals surface area (Å²) in [5.41, 5.74) is 0. The number of hydrogen-bond acceptors (Lipinski definition) is 5. The number of aliphatic hydroxyl groups excluding tert-OH is 2. The van der Waals surface area contributed by atoms with E-state index in [1.807, 2.05) is 0 Å². The number of rotatable bonds is 52. The number of carbonyl (C=O) groups excluding carboxylic acids is 2. The lowest BCUT2D eigenvalue weighted by Gasteiger charge is -2.22. The maximum atomic E-state index is 12.5. The summed E-state index contributed by atoms with van der Waals surface area (Å²) in [6.45, 7) is 4.86. The van der Waals surface area contributed by atoms with E-state index in [-0.39, 0.29) is 18.5 Å². The maximum absolute atomic E-state index is 12.5. The predicted molar refractivity (Wildman–Crippen MR) is 278 cm³/mol. The fourth-order valence-corrected chi connectivity index (χ4v) is 8.55. The molecule has 0 aromatic heterocycles. The van der Waals surface area contributed by atoms with E-state index in [1.54, 1.807) is 0 Å². The van der Waals surface area contributed by atoms with E-state index < -0.39 is 12.1 Å². The molecule has 64 heavy (non-hydrogen) atoms. The molecule has 0 rings (SSSR count). The number of carbonyl (C=O) groups is 2. The molecule has 0 aromatic rings. The lowest BCUT2D eigenvalue weighted by molar-refractivity contribution is -0.143. The van der Waals surface area contributed by atoms with E-state index in [4.69, 9.17) is 4.74 Å². The summed E-state index contributed by atoms with van der Waals surface area (Å²) in [7, 11) is 0. The normalized spacial score (nSPS) is 12.9. The molecule has 0 bridgehead atoms. The molecule has 2 unspecified atom stereocenters. The number of nitrogens with one attached hydrogen (secondary N) is 1. The molecule has 0 aliphatic heterocycles. The molecule has 0 heterocycles. The van der Waals surface area contributed by atoms with Crippen molar-refractivity contribution in [1.29, 1.82) is 0 Å². The first-order chi connectivity index (χ1) is 31.5. The number of hydrogen-bond donors (Lipinski definition) is 3. The van der Waals surface area contributed by atoms with Crippen LogP contribution in [-0.2, 0) is 14.3 Å². The summed E-state index contributed by atoms with van der Waals surface area (Å²) in [5, 5.41) is 23.3. The molecule has 376 valence electrons. The Morgan fingerprint density at radius 3 is 1.27 bits per heavy atom. The second kappa shape index (κ2) is 53.7. The van der Waals surface area contributed by atoms with Gasteiger partial charge in [-0.3, -0.25) is 9.59 Å². The van der Waals surface area contributed by atoms with Gasteiger partial charge in [0, 0.05) is 12.8 Å². The fourth-order valence-electron chi connectivity index (χ4n) is 8.55.